The fraction of sp³-hybridized carbons (Fsp3) is 0.939. The minimum atomic E-state index is -1.95. The van der Waals surface area contributed by atoms with Crippen LogP contribution >= 0.6 is 0 Å². The van der Waals surface area contributed by atoms with Gasteiger partial charge in [0, 0.05) is 10.8 Å². The molecular formula is C49H80O18. The van der Waals surface area contributed by atoms with Gasteiger partial charge in [-0.3, -0.25) is 0 Å². The van der Waals surface area contributed by atoms with Crippen molar-refractivity contribution in [1.82, 2.24) is 0 Å². The van der Waals surface area contributed by atoms with E-state index in [2.05, 4.69) is 47.6 Å². The van der Waals surface area contributed by atoms with E-state index in [0.717, 1.165) is 52.1 Å². The van der Waals surface area contributed by atoms with Gasteiger partial charge in [0.2, 0.25) is 0 Å². The first-order chi connectivity index (χ1) is 31.3. The number of aliphatic hydroxyl groups is 10. The van der Waals surface area contributed by atoms with E-state index in [1.165, 1.54) is 12.5 Å². The first kappa shape index (κ1) is 51.9. The number of allylic oxidation sites excluding steroid dienone is 2. The molecule has 0 unspecified atom stereocenters. The Bertz CT molecular complexity index is 1830. The largest absolute Gasteiger partial charge is 0.467 e. The van der Waals surface area contributed by atoms with Gasteiger partial charge in [-0.25, -0.2) is 4.79 Å². The van der Waals surface area contributed by atoms with Crippen LogP contribution < -0.4 is 0 Å². The lowest BCUT2D eigenvalue weighted by Gasteiger charge is -2.72. The predicted octanol–water partition coefficient (Wildman–Crippen LogP) is 0.793. The first-order valence-electron chi connectivity index (χ1n) is 24.6. The number of esters is 1. The predicted molar refractivity (Wildman–Crippen MR) is 235 cm³/mol. The van der Waals surface area contributed by atoms with Gasteiger partial charge < -0.3 is 84.2 Å². The molecule has 0 bridgehead atoms. The van der Waals surface area contributed by atoms with Crippen LogP contribution in [0.1, 0.15) is 113 Å². The minimum absolute atomic E-state index is 0.0229. The smallest absolute Gasteiger partial charge is 0.337 e. The van der Waals surface area contributed by atoms with Crippen molar-refractivity contribution < 1.29 is 89.0 Å². The molecule has 0 aromatic carbocycles. The summed E-state index contributed by atoms with van der Waals surface area (Å²) in [6.45, 7) is 16.5. The summed E-state index contributed by atoms with van der Waals surface area (Å²) in [7, 11) is 1.10. The number of carbonyl (C=O) groups excluding carboxylic acids is 1. The Kier molecular flexibility index (Phi) is 14.1. The third kappa shape index (κ3) is 8.11. The topological polar surface area (TPSA) is 284 Å². The molecule has 0 aromatic rings. The molecule has 384 valence electrons. The van der Waals surface area contributed by atoms with Crippen molar-refractivity contribution in [2.75, 3.05) is 20.3 Å². The van der Waals surface area contributed by atoms with E-state index in [9.17, 15) is 55.9 Å². The first-order valence-corrected chi connectivity index (χ1v) is 24.6. The number of aliphatic hydroxyl groups excluding tert-OH is 10. The van der Waals surface area contributed by atoms with Crippen molar-refractivity contribution >= 4 is 5.97 Å². The Morgan fingerprint density at radius 1 is 0.672 bits per heavy atom. The van der Waals surface area contributed by atoms with Gasteiger partial charge in [0.15, 0.2) is 25.0 Å². The molecule has 0 spiro atoms. The lowest BCUT2D eigenvalue weighted by molar-refractivity contribution is -0.396. The van der Waals surface area contributed by atoms with Gasteiger partial charge in [0.25, 0.3) is 0 Å². The van der Waals surface area contributed by atoms with Crippen molar-refractivity contribution in [1.29, 1.82) is 0 Å². The second-order valence-electron chi connectivity index (χ2n) is 23.8. The lowest BCUT2D eigenvalue weighted by Crippen LogP contribution is -2.68. The molecule has 3 aliphatic heterocycles. The highest BCUT2D eigenvalue weighted by Gasteiger charge is 2.70. The number of hydrogen-bond acceptors (Lipinski definition) is 18. The molecule has 3 heterocycles. The molecule has 8 rings (SSSR count). The standard InChI is InChI=1S/C49H80O18/c1-22-30(53)32(55)36(59)41(62-22)66-38-33(56)31(54)25(20-50)63-42(38)67-39-35(58)34(57)37(40(60)61-9)65-43(39)64-29-13-14-46(5)26(47(29,6)21-51)12-15-49(8)27(46)11-10-23-24-18-44(2,3)19-28(52)45(24,4)16-17-48(23,49)7/h10,22,24-39,41-43,50-59H,11-21H2,1-9H3/t22-,24-,25+,26+,27+,28+,29-,30-,31+,32+,33-,34-,35-,36+,37-,38+,39+,41-,42-,43+,45+,46+,47+,48+,49+/m0/s1. The van der Waals surface area contributed by atoms with Crippen LogP contribution in [-0.2, 0) is 38.0 Å². The van der Waals surface area contributed by atoms with E-state index in [0.29, 0.717) is 12.8 Å². The third-order valence-corrected chi connectivity index (χ3v) is 19.7. The third-order valence-electron chi connectivity index (χ3n) is 19.7. The Balaban J connectivity index is 1.08. The summed E-state index contributed by atoms with van der Waals surface area (Å²) in [5.74, 6) is -0.520. The summed E-state index contributed by atoms with van der Waals surface area (Å²) in [5.41, 5.74) is 0.0428. The summed E-state index contributed by atoms with van der Waals surface area (Å²) in [4.78, 5) is 13.1. The quantitative estimate of drug-likeness (QED) is 0.0869. The van der Waals surface area contributed by atoms with Crippen LogP contribution in [-0.4, -0.2) is 182 Å². The van der Waals surface area contributed by atoms with E-state index < -0.39 is 116 Å². The molecule has 0 aromatic heterocycles. The van der Waals surface area contributed by atoms with Crippen LogP contribution in [0.5, 0.6) is 0 Å². The van der Waals surface area contributed by atoms with Gasteiger partial charge in [-0.15, -0.1) is 0 Å². The zero-order valence-electron chi connectivity index (χ0n) is 40.6. The van der Waals surface area contributed by atoms with Gasteiger partial charge >= 0.3 is 5.97 Å². The van der Waals surface area contributed by atoms with Crippen LogP contribution in [0.25, 0.3) is 0 Å². The van der Waals surface area contributed by atoms with E-state index in [4.69, 9.17) is 33.2 Å². The van der Waals surface area contributed by atoms with Gasteiger partial charge in [-0.05, 0) is 104 Å². The SMILES string of the molecule is COC(=O)[C@H]1O[C@@H](O[C@H]2CC[C@]3(C)[C@@H](CC[C@]4(C)[C@@H]3CC=C3[C@@H]5CC(C)(C)C[C@@H](O)[C@]5(C)CC[C@]34C)[C@@]2(C)CO)[C@H](O[C@@H]2O[C@H](CO)[C@@H](O)[C@H](O)[C@H]2O[C@@H]2O[C@@H](C)[C@H](O)[C@@H](O)[C@H]2O)[C@@H](O)[C@@H]1O. The van der Waals surface area contributed by atoms with Gasteiger partial charge in [-0.2, -0.15) is 0 Å². The number of fused-ring (bicyclic) bond motifs is 7. The maximum absolute atomic E-state index is 13.1. The maximum atomic E-state index is 13.1. The van der Waals surface area contributed by atoms with Crippen LogP contribution in [0.2, 0.25) is 0 Å². The van der Waals surface area contributed by atoms with E-state index in [-0.39, 0.29) is 57.5 Å². The average molecular weight is 957 g/mol. The lowest BCUT2D eigenvalue weighted by atomic mass is 9.33. The summed E-state index contributed by atoms with van der Waals surface area (Å²) in [5, 5.41) is 110. The maximum Gasteiger partial charge on any atom is 0.337 e. The summed E-state index contributed by atoms with van der Waals surface area (Å²) < 4.78 is 41.6. The highest BCUT2D eigenvalue weighted by atomic mass is 16.8. The van der Waals surface area contributed by atoms with Gasteiger partial charge in [0.1, 0.15) is 61.0 Å². The van der Waals surface area contributed by atoms with Crippen LogP contribution in [0.4, 0.5) is 0 Å². The van der Waals surface area contributed by atoms with E-state index in [1.54, 1.807) is 0 Å². The Labute approximate surface area is 393 Å². The summed E-state index contributed by atoms with van der Waals surface area (Å²) >= 11 is 0. The molecular weight excluding hydrogens is 877 g/mol. The van der Waals surface area contributed by atoms with Crippen molar-refractivity contribution in [2.24, 2.45) is 50.2 Å². The monoisotopic (exact) mass is 957 g/mol. The molecule has 25 atom stereocenters. The number of hydrogen-bond donors (Lipinski definition) is 10. The Morgan fingerprint density at radius 3 is 1.96 bits per heavy atom. The minimum Gasteiger partial charge on any atom is -0.467 e. The molecule has 10 N–H and O–H groups in total. The molecule has 4 saturated carbocycles. The molecule has 5 aliphatic carbocycles. The van der Waals surface area contributed by atoms with Crippen LogP contribution in [0, 0.1) is 50.2 Å². The molecule has 67 heavy (non-hydrogen) atoms. The van der Waals surface area contributed by atoms with Crippen LogP contribution in [0.15, 0.2) is 11.6 Å². The van der Waals surface area contributed by atoms with Crippen LogP contribution in [0.3, 0.4) is 0 Å². The molecule has 7 fully saturated rings. The van der Waals surface area contributed by atoms with Gasteiger partial charge in [0.05, 0.1) is 38.6 Å². The molecule has 0 radical (unpaired) electrons. The summed E-state index contributed by atoms with van der Waals surface area (Å²) in [6.07, 6.45) is -16.6. The van der Waals surface area contributed by atoms with E-state index in [1.807, 2.05) is 6.92 Å². The van der Waals surface area contributed by atoms with Crippen molar-refractivity contribution in [2.45, 2.75) is 218 Å². The fourth-order valence-corrected chi connectivity index (χ4v) is 15.2. The second-order valence-corrected chi connectivity index (χ2v) is 23.8. The molecule has 8 aliphatic rings. The van der Waals surface area contributed by atoms with E-state index >= 15 is 0 Å². The molecule has 0 amide bonds. The van der Waals surface area contributed by atoms with Gasteiger partial charge in [-0.1, -0.05) is 60.1 Å². The number of carbonyl (C=O) groups is 1. The fourth-order valence-electron chi connectivity index (χ4n) is 15.2. The van der Waals surface area contributed by atoms with Crippen molar-refractivity contribution in [3.63, 3.8) is 0 Å². The normalized spacial score (nSPS) is 55.2. The van der Waals surface area contributed by atoms with Crippen molar-refractivity contribution in [3.05, 3.63) is 11.6 Å². The highest BCUT2D eigenvalue weighted by Crippen LogP contribution is 2.76. The number of rotatable bonds is 9. The second kappa shape index (κ2) is 18.3. The zero-order valence-corrected chi connectivity index (χ0v) is 40.6. The molecule has 18 nitrogen and oxygen atoms in total. The molecule has 3 saturated heterocycles. The summed E-state index contributed by atoms with van der Waals surface area (Å²) in [6, 6.07) is 0. The zero-order chi connectivity index (χ0) is 49.1. The Morgan fingerprint density at radius 2 is 1.31 bits per heavy atom. The number of ether oxygens (including phenoxy) is 7. The highest BCUT2D eigenvalue weighted by molar-refractivity contribution is 5.75. The number of methoxy groups -OCH3 is 1. The average Bonchev–Trinajstić information content (AvgIpc) is 3.28. The van der Waals surface area contributed by atoms with Crippen molar-refractivity contribution in [3.8, 4) is 0 Å². The molecule has 18 heteroatoms. The Hall–Kier alpha value is -1.43.